The van der Waals surface area contributed by atoms with Crippen molar-refractivity contribution in [3.63, 3.8) is 0 Å². The largest absolute Gasteiger partial charge is 0.493 e. The highest BCUT2D eigenvalue weighted by Crippen LogP contribution is 2.33. The lowest BCUT2D eigenvalue weighted by atomic mass is 10.2. The van der Waals surface area contributed by atoms with Gasteiger partial charge in [-0.05, 0) is 71.8 Å². The van der Waals surface area contributed by atoms with Crippen molar-refractivity contribution in [3.05, 3.63) is 50.6 Å². The molecule has 3 amide bonds. The van der Waals surface area contributed by atoms with E-state index in [2.05, 4.69) is 21.2 Å². The van der Waals surface area contributed by atoms with E-state index in [1.165, 1.54) is 13.3 Å². The molecule has 176 valence electrons. The molecule has 1 atom stereocenters. The third kappa shape index (κ3) is 8.54. The topological polar surface area (TPSA) is 118 Å². The third-order valence-corrected chi connectivity index (χ3v) is 5.32. The van der Waals surface area contributed by atoms with Crippen LogP contribution in [-0.2, 0) is 14.4 Å². The summed E-state index contributed by atoms with van der Waals surface area (Å²) in [5.74, 6) is -1.22. The quantitative estimate of drug-likeness (QED) is 0.180. The predicted molar refractivity (Wildman–Crippen MR) is 135 cm³/mol. The first-order valence-electron chi connectivity index (χ1n) is 9.93. The Morgan fingerprint density at radius 3 is 2.64 bits per heavy atom. The van der Waals surface area contributed by atoms with Crippen LogP contribution in [0.3, 0.4) is 0 Å². The van der Waals surface area contributed by atoms with E-state index in [4.69, 9.17) is 21.1 Å². The van der Waals surface area contributed by atoms with Crippen molar-refractivity contribution in [1.82, 2.24) is 10.7 Å². The summed E-state index contributed by atoms with van der Waals surface area (Å²) in [4.78, 5) is 35.7. The summed E-state index contributed by atoms with van der Waals surface area (Å²) in [6.45, 7) is 3.45. The van der Waals surface area contributed by atoms with Gasteiger partial charge in [-0.3, -0.25) is 14.4 Å². The second kappa shape index (κ2) is 13.0. The summed E-state index contributed by atoms with van der Waals surface area (Å²) in [7, 11) is 1.46. The maximum Gasteiger partial charge on any atom is 0.329 e. The van der Waals surface area contributed by atoms with E-state index < -0.39 is 11.8 Å². The lowest BCUT2D eigenvalue weighted by Crippen LogP contribution is -2.41. The zero-order valence-electron chi connectivity index (χ0n) is 18.3. The summed E-state index contributed by atoms with van der Waals surface area (Å²) in [6, 6.07) is 10.0. The molecule has 0 aliphatic heterocycles. The Hall–Kier alpha value is -2.86. The van der Waals surface area contributed by atoms with Crippen LogP contribution >= 0.6 is 34.2 Å². The summed E-state index contributed by atoms with van der Waals surface area (Å²) >= 11 is 7.95. The van der Waals surface area contributed by atoms with Gasteiger partial charge in [-0.15, -0.1) is 0 Å². The SMILES string of the molecule is CC[C@@H](C)NC(=O)C(=O)N/N=C\c1cc(I)c(OCC(=O)Nc2cccc(Cl)c2)c(OC)c1. The zero-order chi connectivity index (χ0) is 24.4. The first-order chi connectivity index (χ1) is 15.7. The molecule has 0 bridgehead atoms. The summed E-state index contributed by atoms with van der Waals surface area (Å²) in [6.07, 6.45) is 2.08. The van der Waals surface area contributed by atoms with Crippen molar-refractivity contribution >= 4 is 63.8 Å². The normalized spacial score (nSPS) is 11.5. The van der Waals surface area contributed by atoms with Crippen molar-refractivity contribution in [2.24, 2.45) is 5.10 Å². The van der Waals surface area contributed by atoms with Crippen LogP contribution in [0.2, 0.25) is 5.02 Å². The fourth-order valence-corrected chi connectivity index (χ4v) is 3.43. The maximum absolute atomic E-state index is 12.2. The van der Waals surface area contributed by atoms with E-state index in [1.807, 2.05) is 29.5 Å². The summed E-state index contributed by atoms with van der Waals surface area (Å²) in [5.41, 5.74) is 3.33. The van der Waals surface area contributed by atoms with E-state index in [0.29, 0.717) is 37.8 Å². The van der Waals surface area contributed by atoms with Gasteiger partial charge in [0.05, 0.1) is 16.9 Å². The first kappa shape index (κ1) is 26.4. The summed E-state index contributed by atoms with van der Waals surface area (Å²) in [5, 5.41) is 9.57. The first-order valence-corrected chi connectivity index (χ1v) is 11.4. The lowest BCUT2D eigenvalue weighted by Gasteiger charge is -2.13. The molecule has 9 nitrogen and oxygen atoms in total. The Morgan fingerprint density at radius 1 is 1.21 bits per heavy atom. The van der Waals surface area contributed by atoms with Crippen LogP contribution in [0.4, 0.5) is 5.69 Å². The van der Waals surface area contributed by atoms with Crippen molar-refractivity contribution in [2.45, 2.75) is 26.3 Å². The van der Waals surface area contributed by atoms with E-state index in [1.54, 1.807) is 43.3 Å². The number of methoxy groups -OCH3 is 1. The molecule has 0 heterocycles. The van der Waals surface area contributed by atoms with Gasteiger partial charge in [0.2, 0.25) is 0 Å². The van der Waals surface area contributed by atoms with Crippen LogP contribution in [-0.4, -0.2) is 43.7 Å². The third-order valence-electron chi connectivity index (χ3n) is 4.28. The van der Waals surface area contributed by atoms with Gasteiger partial charge in [0.1, 0.15) is 0 Å². The molecule has 0 aliphatic rings. The second-order valence-electron chi connectivity index (χ2n) is 6.86. The number of anilines is 1. The molecule has 2 aromatic rings. The maximum atomic E-state index is 12.2. The Morgan fingerprint density at radius 2 is 1.97 bits per heavy atom. The van der Waals surface area contributed by atoms with Gasteiger partial charge in [0.15, 0.2) is 18.1 Å². The number of carbonyl (C=O) groups excluding carboxylic acids is 3. The highest BCUT2D eigenvalue weighted by Gasteiger charge is 2.15. The average Bonchev–Trinajstić information content (AvgIpc) is 2.77. The molecule has 0 spiro atoms. The monoisotopic (exact) mass is 586 g/mol. The Labute approximate surface area is 210 Å². The average molecular weight is 587 g/mol. The van der Waals surface area contributed by atoms with E-state index in [9.17, 15) is 14.4 Å². The van der Waals surface area contributed by atoms with Crippen LogP contribution < -0.4 is 25.5 Å². The van der Waals surface area contributed by atoms with Gasteiger partial charge in [0, 0.05) is 16.8 Å². The molecule has 11 heteroatoms. The number of amides is 3. The molecule has 0 aromatic heterocycles. The molecule has 2 rings (SSSR count). The number of hydrazone groups is 1. The Balaban J connectivity index is 1.99. The van der Waals surface area contributed by atoms with Crippen LogP contribution in [0.15, 0.2) is 41.5 Å². The van der Waals surface area contributed by atoms with Gasteiger partial charge in [0.25, 0.3) is 5.91 Å². The van der Waals surface area contributed by atoms with Crippen molar-refractivity contribution in [2.75, 3.05) is 19.0 Å². The minimum Gasteiger partial charge on any atom is -0.493 e. The predicted octanol–water partition coefficient (Wildman–Crippen LogP) is 3.34. The number of rotatable bonds is 9. The standard InChI is InChI=1S/C22H24ClIN4O5/c1-4-13(2)26-21(30)22(31)28-25-11-14-8-17(24)20(18(9-14)32-3)33-12-19(29)27-16-7-5-6-15(23)10-16/h5-11,13H,4,12H2,1-3H3,(H,26,30)(H,27,29)(H,28,31)/b25-11-/t13-/m1/s1. The fraction of sp³-hybridized carbons (Fsp3) is 0.273. The van der Waals surface area contributed by atoms with Crippen LogP contribution in [0.5, 0.6) is 11.5 Å². The molecule has 0 fully saturated rings. The molecular weight excluding hydrogens is 563 g/mol. The highest BCUT2D eigenvalue weighted by molar-refractivity contribution is 14.1. The van der Waals surface area contributed by atoms with Crippen LogP contribution in [0.25, 0.3) is 0 Å². The van der Waals surface area contributed by atoms with Crippen molar-refractivity contribution < 1.29 is 23.9 Å². The molecule has 0 saturated carbocycles. The van der Waals surface area contributed by atoms with E-state index in [0.717, 1.165) is 0 Å². The number of ether oxygens (including phenoxy) is 2. The number of hydrogen-bond acceptors (Lipinski definition) is 6. The van der Waals surface area contributed by atoms with E-state index >= 15 is 0 Å². The zero-order valence-corrected chi connectivity index (χ0v) is 21.2. The van der Waals surface area contributed by atoms with Gasteiger partial charge in [-0.25, -0.2) is 5.43 Å². The molecule has 0 radical (unpaired) electrons. The molecule has 2 aromatic carbocycles. The number of carbonyl (C=O) groups is 3. The van der Waals surface area contributed by atoms with Crippen molar-refractivity contribution in [3.8, 4) is 11.5 Å². The molecule has 33 heavy (non-hydrogen) atoms. The number of nitrogens with one attached hydrogen (secondary N) is 3. The van der Waals surface area contributed by atoms with Crippen LogP contribution in [0, 0.1) is 3.57 Å². The van der Waals surface area contributed by atoms with E-state index in [-0.39, 0.29) is 18.6 Å². The minimum atomic E-state index is -0.862. The summed E-state index contributed by atoms with van der Waals surface area (Å²) < 4.78 is 11.7. The lowest BCUT2D eigenvalue weighted by molar-refractivity contribution is -0.139. The minimum absolute atomic E-state index is 0.113. The molecular formula is C22H24ClIN4O5. The number of nitrogens with zero attached hydrogens (tertiary/aromatic N) is 1. The molecule has 3 N–H and O–H groups in total. The Bertz CT molecular complexity index is 1050. The van der Waals surface area contributed by atoms with Crippen LogP contribution in [0.1, 0.15) is 25.8 Å². The second-order valence-corrected chi connectivity index (χ2v) is 8.46. The van der Waals surface area contributed by atoms with Crippen molar-refractivity contribution in [1.29, 1.82) is 0 Å². The highest BCUT2D eigenvalue weighted by atomic mass is 127. The fourth-order valence-electron chi connectivity index (χ4n) is 2.46. The Kier molecular flexibility index (Phi) is 10.4. The number of hydrogen-bond donors (Lipinski definition) is 3. The molecule has 0 aliphatic carbocycles. The molecule has 0 saturated heterocycles. The van der Waals surface area contributed by atoms with Gasteiger partial charge in [-0.2, -0.15) is 5.10 Å². The smallest absolute Gasteiger partial charge is 0.329 e. The number of halogens is 2. The molecule has 0 unspecified atom stereocenters. The van der Waals surface area contributed by atoms with Gasteiger partial charge in [-0.1, -0.05) is 24.6 Å². The van der Waals surface area contributed by atoms with Gasteiger partial charge < -0.3 is 20.1 Å². The van der Waals surface area contributed by atoms with Gasteiger partial charge >= 0.3 is 11.8 Å². The number of benzene rings is 2.